The lowest BCUT2D eigenvalue weighted by atomic mass is 9.93. The second kappa shape index (κ2) is 10.6. The summed E-state index contributed by atoms with van der Waals surface area (Å²) < 4.78 is 0. The molecule has 1 aliphatic rings. The lowest BCUT2D eigenvalue weighted by molar-refractivity contribution is 0.120. The molecule has 130 valence electrons. The van der Waals surface area contributed by atoms with Gasteiger partial charge < -0.3 is 15.7 Å². The van der Waals surface area contributed by atoms with Crippen LogP contribution < -0.4 is 10.6 Å². The van der Waals surface area contributed by atoms with Crippen molar-refractivity contribution in [3.8, 4) is 0 Å². The van der Waals surface area contributed by atoms with Crippen LogP contribution in [0.25, 0.3) is 0 Å². The Kier molecular flexibility index (Phi) is 9.58. The van der Waals surface area contributed by atoms with Crippen molar-refractivity contribution in [3.05, 3.63) is 33.8 Å². The highest BCUT2D eigenvalue weighted by molar-refractivity contribution is 14.0. The van der Waals surface area contributed by atoms with Gasteiger partial charge in [-0.25, -0.2) is 4.99 Å². The number of hydrogen-bond donors (Lipinski definition) is 3. The standard InChI is InChI=1S/C16H23Cl2N3O.HI/c1-2-19-16(21-13-5-7-14(22)8-6-13)20-10-11-3-4-12(17)9-15(11)18;/h3-4,9,13-14,22H,2,5-8,10H2,1H3,(H2,19,20,21);1H. The topological polar surface area (TPSA) is 56.7 Å². The van der Waals surface area contributed by atoms with Crippen LogP contribution in [-0.2, 0) is 6.54 Å². The Balaban J connectivity index is 0.00000264. The number of nitrogens with zero attached hydrogens (tertiary/aromatic N) is 1. The van der Waals surface area contributed by atoms with Crippen LogP contribution in [0.15, 0.2) is 23.2 Å². The zero-order valence-electron chi connectivity index (χ0n) is 13.2. The second-order valence-corrected chi connectivity index (χ2v) is 6.42. The average Bonchev–Trinajstić information content (AvgIpc) is 2.48. The summed E-state index contributed by atoms with van der Waals surface area (Å²) >= 11 is 12.1. The van der Waals surface area contributed by atoms with Crippen molar-refractivity contribution in [2.45, 2.75) is 51.3 Å². The van der Waals surface area contributed by atoms with Crippen LogP contribution in [0.2, 0.25) is 10.0 Å². The minimum Gasteiger partial charge on any atom is -0.393 e. The Morgan fingerprint density at radius 3 is 2.57 bits per heavy atom. The van der Waals surface area contributed by atoms with Gasteiger partial charge in [0.25, 0.3) is 0 Å². The minimum absolute atomic E-state index is 0. The highest BCUT2D eigenvalue weighted by Crippen LogP contribution is 2.22. The zero-order valence-corrected chi connectivity index (χ0v) is 17.0. The smallest absolute Gasteiger partial charge is 0.191 e. The van der Waals surface area contributed by atoms with E-state index < -0.39 is 0 Å². The molecule has 3 N–H and O–H groups in total. The molecule has 0 atom stereocenters. The highest BCUT2D eigenvalue weighted by Gasteiger charge is 2.19. The van der Waals surface area contributed by atoms with Gasteiger partial charge in [0.2, 0.25) is 0 Å². The van der Waals surface area contributed by atoms with E-state index in [4.69, 9.17) is 23.2 Å². The largest absolute Gasteiger partial charge is 0.393 e. The van der Waals surface area contributed by atoms with Gasteiger partial charge in [0.05, 0.1) is 12.6 Å². The van der Waals surface area contributed by atoms with Crippen molar-refractivity contribution in [2.75, 3.05) is 6.54 Å². The molecule has 1 aromatic carbocycles. The number of aliphatic imine (C=N–C) groups is 1. The van der Waals surface area contributed by atoms with Crippen molar-refractivity contribution in [3.63, 3.8) is 0 Å². The van der Waals surface area contributed by atoms with Gasteiger partial charge in [-0.3, -0.25) is 0 Å². The van der Waals surface area contributed by atoms with Gasteiger partial charge in [-0.2, -0.15) is 0 Å². The first-order valence-corrected chi connectivity index (χ1v) is 8.51. The molecular formula is C16H24Cl2IN3O. The molecule has 4 nitrogen and oxygen atoms in total. The second-order valence-electron chi connectivity index (χ2n) is 5.58. The van der Waals surface area contributed by atoms with Crippen molar-refractivity contribution in [1.29, 1.82) is 0 Å². The molecule has 0 amide bonds. The van der Waals surface area contributed by atoms with E-state index in [0.717, 1.165) is 43.8 Å². The first kappa shape index (κ1) is 20.8. The number of guanidine groups is 1. The predicted octanol–water partition coefficient (Wildman–Crippen LogP) is 3.97. The van der Waals surface area contributed by atoms with E-state index in [1.165, 1.54) is 0 Å². The molecule has 0 spiro atoms. The van der Waals surface area contributed by atoms with E-state index in [2.05, 4.69) is 15.6 Å². The van der Waals surface area contributed by atoms with Crippen LogP contribution in [0.5, 0.6) is 0 Å². The summed E-state index contributed by atoms with van der Waals surface area (Å²) in [4.78, 5) is 4.59. The predicted molar refractivity (Wildman–Crippen MR) is 108 cm³/mol. The van der Waals surface area contributed by atoms with Gasteiger partial charge in [-0.15, -0.1) is 24.0 Å². The first-order chi connectivity index (χ1) is 10.6. The number of hydrogen-bond acceptors (Lipinski definition) is 2. The third-order valence-corrected chi connectivity index (χ3v) is 4.39. The number of aliphatic hydroxyl groups is 1. The number of benzene rings is 1. The SMILES string of the molecule is CCNC(=NCc1ccc(Cl)cc1Cl)NC1CCC(O)CC1.I. The monoisotopic (exact) mass is 471 g/mol. The van der Waals surface area contributed by atoms with Crippen LogP contribution in [0.4, 0.5) is 0 Å². The normalized spacial score (nSPS) is 21.5. The third-order valence-electron chi connectivity index (χ3n) is 3.80. The maximum atomic E-state index is 9.57. The fourth-order valence-electron chi connectivity index (χ4n) is 2.55. The van der Waals surface area contributed by atoms with Crippen LogP contribution in [-0.4, -0.2) is 29.8 Å². The van der Waals surface area contributed by atoms with E-state index >= 15 is 0 Å². The molecule has 0 saturated heterocycles. The average molecular weight is 472 g/mol. The quantitative estimate of drug-likeness (QED) is 0.353. The molecule has 1 aromatic rings. The summed E-state index contributed by atoms with van der Waals surface area (Å²) in [6, 6.07) is 5.81. The van der Waals surface area contributed by atoms with Crippen LogP contribution in [0.1, 0.15) is 38.2 Å². The van der Waals surface area contributed by atoms with Crippen LogP contribution >= 0.6 is 47.2 Å². The third kappa shape index (κ3) is 7.03. The van der Waals surface area contributed by atoms with E-state index in [9.17, 15) is 5.11 Å². The Morgan fingerprint density at radius 1 is 1.26 bits per heavy atom. The minimum atomic E-state index is -0.148. The van der Waals surface area contributed by atoms with Crippen molar-refractivity contribution < 1.29 is 5.11 Å². The van der Waals surface area contributed by atoms with Crippen molar-refractivity contribution in [1.82, 2.24) is 10.6 Å². The molecule has 0 unspecified atom stereocenters. The fourth-order valence-corrected chi connectivity index (χ4v) is 3.02. The summed E-state index contributed by atoms with van der Waals surface area (Å²) in [5, 5.41) is 17.5. The molecule has 2 rings (SSSR count). The Hall–Kier alpha value is -0.240. The molecule has 23 heavy (non-hydrogen) atoms. The van der Waals surface area contributed by atoms with Crippen LogP contribution in [0, 0.1) is 0 Å². The lowest BCUT2D eigenvalue weighted by Crippen LogP contribution is -2.45. The van der Waals surface area contributed by atoms with Gasteiger partial charge in [0.15, 0.2) is 5.96 Å². The molecule has 0 bridgehead atoms. The number of aliphatic hydroxyl groups excluding tert-OH is 1. The molecule has 0 heterocycles. The molecule has 0 aromatic heterocycles. The summed E-state index contributed by atoms with van der Waals surface area (Å²) in [5.41, 5.74) is 0.947. The number of halogens is 3. The summed E-state index contributed by atoms with van der Waals surface area (Å²) in [7, 11) is 0. The van der Waals surface area contributed by atoms with Crippen LogP contribution in [0.3, 0.4) is 0 Å². The first-order valence-electron chi connectivity index (χ1n) is 7.75. The maximum absolute atomic E-state index is 9.57. The summed E-state index contributed by atoms with van der Waals surface area (Å²) in [5.74, 6) is 0.787. The Morgan fingerprint density at radius 2 is 1.96 bits per heavy atom. The number of nitrogens with one attached hydrogen (secondary N) is 2. The molecule has 0 radical (unpaired) electrons. The summed E-state index contributed by atoms with van der Waals surface area (Å²) in [6.45, 7) is 3.34. The van der Waals surface area contributed by atoms with E-state index in [1.54, 1.807) is 6.07 Å². The fraction of sp³-hybridized carbons (Fsp3) is 0.562. The summed E-state index contributed by atoms with van der Waals surface area (Å²) in [6.07, 6.45) is 3.48. The van der Waals surface area contributed by atoms with Gasteiger partial charge in [0.1, 0.15) is 0 Å². The molecule has 0 aliphatic heterocycles. The lowest BCUT2D eigenvalue weighted by Gasteiger charge is -2.27. The molecular weight excluding hydrogens is 448 g/mol. The van der Waals surface area contributed by atoms with Crippen molar-refractivity contribution in [2.24, 2.45) is 4.99 Å². The number of rotatable bonds is 4. The van der Waals surface area contributed by atoms with Gasteiger partial charge in [-0.1, -0.05) is 29.3 Å². The Labute approximate surface area is 165 Å². The molecule has 1 saturated carbocycles. The van der Waals surface area contributed by atoms with E-state index in [0.29, 0.717) is 22.6 Å². The molecule has 1 fully saturated rings. The Bertz CT molecular complexity index is 520. The molecule has 1 aliphatic carbocycles. The van der Waals surface area contributed by atoms with Crippen molar-refractivity contribution >= 4 is 53.1 Å². The zero-order chi connectivity index (χ0) is 15.9. The van der Waals surface area contributed by atoms with Gasteiger partial charge >= 0.3 is 0 Å². The van der Waals surface area contributed by atoms with E-state index in [-0.39, 0.29) is 30.1 Å². The highest BCUT2D eigenvalue weighted by atomic mass is 127. The van der Waals surface area contributed by atoms with Gasteiger partial charge in [0, 0.05) is 22.6 Å². The maximum Gasteiger partial charge on any atom is 0.191 e. The van der Waals surface area contributed by atoms with Gasteiger partial charge in [-0.05, 0) is 50.3 Å². The molecule has 7 heteroatoms. The van der Waals surface area contributed by atoms with E-state index in [1.807, 2.05) is 19.1 Å².